The number of carbonyl (C=O) groups excluding carboxylic acids is 3. The van der Waals surface area contributed by atoms with Gasteiger partial charge in [0.2, 0.25) is 5.91 Å². The fourth-order valence-electron chi connectivity index (χ4n) is 6.98. The largest absolute Gasteiger partial charge is 0.497 e. The van der Waals surface area contributed by atoms with Crippen LogP contribution in [0.1, 0.15) is 31.8 Å². The highest BCUT2D eigenvalue weighted by Crippen LogP contribution is 2.58. The van der Waals surface area contributed by atoms with Gasteiger partial charge < -0.3 is 19.7 Å². The Hall–Kier alpha value is -5.17. The van der Waals surface area contributed by atoms with Gasteiger partial charge in [0.15, 0.2) is 11.6 Å². The zero-order chi connectivity index (χ0) is 29.0. The molecular weight excluding hydrogens is 528 g/mol. The van der Waals surface area contributed by atoms with Gasteiger partial charge >= 0.3 is 0 Å². The number of nitrogens with zero attached hydrogens (tertiary/aromatic N) is 1. The Morgan fingerprint density at radius 2 is 1.36 bits per heavy atom. The van der Waals surface area contributed by atoms with Crippen LogP contribution in [0.15, 0.2) is 103 Å². The van der Waals surface area contributed by atoms with Crippen molar-refractivity contribution in [2.24, 2.45) is 5.92 Å². The number of ether oxygens (including phenoxy) is 2. The highest BCUT2D eigenvalue weighted by molar-refractivity contribution is 6.18. The molecule has 7 heteroatoms. The fraction of sp³-hybridized carbons (Fsp3) is 0.171. The molecular formula is C35H28N2O5. The van der Waals surface area contributed by atoms with Gasteiger partial charge in [-0.2, -0.15) is 0 Å². The van der Waals surface area contributed by atoms with Crippen LogP contribution in [0.4, 0.5) is 11.4 Å². The van der Waals surface area contributed by atoms with Gasteiger partial charge in [-0.05, 0) is 71.8 Å². The molecule has 1 saturated heterocycles. The first-order chi connectivity index (χ1) is 20.5. The second-order valence-corrected chi connectivity index (χ2v) is 10.7. The van der Waals surface area contributed by atoms with E-state index in [2.05, 4.69) is 5.32 Å². The molecule has 208 valence electrons. The third kappa shape index (κ3) is 3.56. The standard InChI is InChI=1S/C35H28N2O5/c1-41-24-16-11-22(12-17-24)32(38)30-31(33(39)23-13-18-25(42-2)19-14-23)37-28-10-6-3-7-21(28)15-20-29(37)35(30)26-8-4-5-9-27(26)36-34(35)40/h3-20,29-31H,1-2H3,(H,36,40)/t29-,30-,31+,35+/m1/s1. The lowest BCUT2D eigenvalue weighted by Gasteiger charge is -2.37. The number of para-hydroxylation sites is 2. The number of ketones is 2. The summed E-state index contributed by atoms with van der Waals surface area (Å²) in [5.41, 5.74) is 2.57. The minimum absolute atomic E-state index is 0.242. The van der Waals surface area contributed by atoms with Gasteiger partial charge in [0.25, 0.3) is 0 Å². The van der Waals surface area contributed by atoms with Crippen molar-refractivity contribution >= 4 is 34.9 Å². The zero-order valence-electron chi connectivity index (χ0n) is 23.1. The van der Waals surface area contributed by atoms with E-state index in [0.717, 1.165) is 11.3 Å². The minimum Gasteiger partial charge on any atom is -0.497 e. The summed E-state index contributed by atoms with van der Waals surface area (Å²) in [5.74, 6) is -0.625. The number of anilines is 2. The molecule has 1 spiro atoms. The second kappa shape index (κ2) is 9.73. The maximum atomic E-state index is 14.8. The van der Waals surface area contributed by atoms with Crippen LogP contribution in [0.2, 0.25) is 0 Å². The quantitative estimate of drug-likeness (QED) is 0.313. The summed E-state index contributed by atoms with van der Waals surface area (Å²) in [7, 11) is 3.13. The number of fused-ring (bicyclic) bond motifs is 6. The Balaban J connectivity index is 1.50. The lowest BCUT2D eigenvalue weighted by atomic mass is 9.64. The van der Waals surface area contributed by atoms with Crippen LogP contribution in [0.25, 0.3) is 6.08 Å². The van der Waals surface area contributed by atoms with Crippen molar-refractivity contribution in [2.45, 2.75) is 17.5 Å². The molecule has 3 heterocycles. The summed E-state index contributed by atoms with van der Waals surface area (Å²) in [5, 5.41) is 3.06. The summed E-state index contributed by atoms with van der Waals surface area (Å²) in [4.78, 5) is 45.9. The molecule has 1 amide bonds. The van der Waals surface area contributed by atoms with Crippen molar-refractivity contribution in [3.8, 4) is 11.5 Å². The summed E-state index contributed by atoms with van der Waals surface area (Å²) in [6, 6.07) is 27.4. The summed E-state index contributed by atoms with van der Waals surface area (Å²) >= 11 is 0. The number of Topliss-reactive ketones (excluding diaryl/α,β-unsaturated/α-hetero) is 2. The van der Waals surface area contributed by atoms with Crippen LogP contribution in [0.5, 0.6) is 11.5 Å². The van der Waals surface area contributed by atoms with E-state index in [1.165, 1.54) is 0 Å². The SMILES string of the molecule is COc1ccc(C(=O)[C@@H]2[C@H](C(=O)c3ccc(OC)cc3)[C@@]3(C(=O)Nc4ccccc43)[C@H]3C=Cc4ccccc4N23)cc1. The Labute approximate surface area is 243 Å². The molecule has 3 aliphatic heterocycles. The fourth-order valence-corrected chi connectivity index (χ4v) is 6.98. The van der Waals surface area contributed by atoms with Gasteiger partial charge in [0, 0.05) is 22.5 Å². The van der Waals surface area contributed by atoms with E-state index in [4.69, 9.17) is 9.47 Å². The Morgan fingerprint density at radius 1 is 0.762 bits per heavy atom. The molecule has 42 heavy (non-hydrogen) atoms. The average molecular weight is 557 g/mol. The van der Waals surface area contributed by atoms with Gasteiger partial charge in [-0.1, -0.05) is 48.6 Å². The molecule has 4 aromatic carbocycles. The van der Waals surface area contributed by atoms with E-state index in [9.17, 15) is 14.4 Å². The van der Waals surface area contributed by atoms with E-state index in [0.29, 0.717) is 33.9 Å². The molecule has 1 fully saturated rings. The molecule has 3 aliphatic rings. The van der Waals surface area contributed by atoms with E-state index in [-0.39, 0.29) is 17.5 Å². The van der Waals surface area contributed by atoms with Gasteiger partial charge in [-0.15, -0.1) is 0 Å². The Bertz CT molecular complexity index is 1760. The van der Waals surface area contributed by atoms with Crippen molar-refractivity contribution in [2.75, 3.05) is 24.4 Å². The van der Waals surface area contributed by atoms with Crippen molar-refractivity contribution < 1.29 is 23.9 Å². The third-order valence-electron chi connectivity index (χ3n) is 8.84. The highest BCUT2D eigenvalue weighted by atomic mass is 16.5. The molecule has 4 atom stereocenters. The number of rotatable bonds is 6. The lowest BCUT2D eigenvalue weighted by molar-refractivity contribution is -0.121. The minimum atomic E-state index is -1.36. The monoisotopic (exact) mass is 556 g/mol. The van der Waals surface area contributed by atoms with Crippen molar-refractivity contribution in [3.63, 3.8) is 0 Å². The first-order valence-electron chi connectivity index (χ1n) is 13.8. The van der Waals surface area contributed by atoms with Crippen LogP contribution in [0.3, 0.4) is 0 Å². The van der Waals surface area contributed by atoms with Crippen LogP contribution in [-0.4, -0.2) is 43.8 Å². The Morgan fingerprint density at radius 3 is 2.02 bits per heavy atom. The summed E-state index contributed by atoms with van der Waals surface area (Å²) in [6.45, 7) is 0. The maximum Gasteiger partial charge on any atom is 0.238 e. The first kappa shape index (κ1) is 25.8. The van der Waals surface area contributed by atoms with Crippen molar-refractivity contribution in [3.05, 3.63) is 125 Å². The lowest BCUT2D eigenvalue weighted by Crippen LogP contribution is -2.51. The van der Waals surface area contributed by atoms with Crippen molar-refractivity contribution in [1.82, 2.24) is 0 Å². The smallest absolute Gasteiger partial charge is 0.238 e. The number of hydrogen-bond acceptors (Lipinski definition) is 6. The molecule has 7 nitrogen and oxygen atoms in total. The van der Waals surface area contributed by atoms with Gasteiger partial charge in [0.05, 0.1) is 26.2 Å². The van der Waals surface area contributed by atoms with Crippen LogP contribution < -0.4 is 19.7 Å². The van der Waals surface area contributed by atoms with Gasteiger partial charge in [-0.25, -0.2) is 0 Å². The van der Waals surface area contributed by atoms with Gasteiger partial charge in [-0.3, -0.25) is 14.4 Å². The normalized spacial score (nSPS) is 23.1. The zero-order valence-corrected chi connectivity index (χ0v) is 23.1. The molecule has 7 rings (SSSR count). The van der Waals surface area contributed by atoms with E-state index in [1.54, 1.807) is 62.8 Å². The third-order valence-corrected chi connectivity index (χ3v) is 8.84. The molecule has 0 bridgehead atoms. The van der Waals surface area contributed by atoms with Crippen LogP contribution >= 0.6 is 0 Å². The molecule has 0 saturated carbocycles. The topological polar surface area (TPSA) is 84.9 Å². The van der Waals surface area contributed by atoms with E-state index in [1.807, 2.05) is 65.6 Å². The van der Waals surface area contributed by atoms with E-state index >= 15 is 0 Å². The number of carbonyl (C=O) groups is 3. The first-order valence-corrected chi connectivity index (χ1v) is 13.8. The number of amides is 1. The number of methoxy groups -OCH3 is 2. The number of hydrogen-bond donors (Lipinski definition) is 1. The molecule has 1 N–H and O–H groups in total. The van der Waals surface area contributed by atoms with Crippen LogP contribution in [0, 0.1) is 5.92 Å². The number of nitrogens with one attached hydrogen (secondary N) is 1. The molecule has 0 radical (unpaired) electrons. The maximum absolute atomic E-state index is 14.8. The predicted octanol–water partition coefficient (Wildman–Crippen LogP) is 5.56. The van der Waals surface area contributed by atoms with Gasteiger partial charge in [0.1, 0.15) is 23.0 Å². The Kier molecular flexibility index (Phi) is 5.97. The molecule has 0 unspecified atom stereocenters. The predicted molar refractivity (Wildman–Crippen MR) is 160 cm³/mol. The second-order valence-electron chi connectivity index (χ2n) is 10.7. The summed E-state index contributed by atoms with van der Waals surface area (Å²) < 4.78 is 10.7. The van der Waals surface area contributed by atoms with E-state index < -0.39 is 23.4 Å². The number of benzene rings is 4. The molecule has 0 aromatic heterocycles. The molecule has 0 aliphatic carbocycles. The summed E-state index contributed by atoms with van der Waals surface area (Å²) in [6.07, 6.45) is 3.96. The average Bonchev–Trinajstić information content (AvgIpc) is 3.52. The highest BCUT2D eigenvalue weighted by Gasteiger charge is 2.70. The molecule has 4 aromatic rings. The van der Waals surface area contributed by atoms with Crippen molar-refractivity contribution in [1.29, 1.82) is 0 Å². The van der Waals surface area contributed by atoms with Crippen LogP contribution in [-0.2, 0) is 10.2 Å².